The highest BCUT2D eigenvalue weighted by atomic mass is 14.9. The fourth-order valence-electron chi connectivity index (χ4n) is 7.43. The fraction of sp³-hybridized carbons (Fsp3) is 0.0200. The summed E-state index contributed by atoms with van der Waals surface area (Å²) in [6.07, 6.45) is 1.85. The van der Waals surface area contributed by atoms with Gasteiger partial charge in [0, 0.05) is 55.9 Å². The van der Waals surface area contributed by atoms with Gasteiger partial charge in [-0.25, -0.2) is 15.0 Å². The molecule has 0 saturated carbocycles. The molecule has 0 fully saturated rings. The van der Waals surface area contributed by atoms with Crippen molar-refractivity contribution < 1.29 is 0 Å². The number of nitrogens with zero attached hydrogens (tertiary/aromatic N) is 5. The molecule has 0 saturated heterocycles. The van der Waals surface area contributed by atoms with Crippen LogP contribution in [0.3, 0.4) is 0 Å². The number of aromatic nitrogens is 5. The van der Waals surface area contributed by atoms with Gasteiger partial charge >= 0.3 is 0 Å². The minimum Gasteiger partial charge on any atom is -0.256 e. The summed E-state index contributed by atoms with van der Waals surface area (Å²) in [6, 6.07) is 60.9. The predicted molar refractivity (Wildman–Crippen MR) is 225 cm³/mol. The van der Waals surface area contributed by atoms with Crippen LogP contribution < -0.4 is 0 Å². The zero-order valence-electron chi connectivity index (χ0n) is 30.1. The Bertz CT molecular complexity index is 3030. The average Bonchev–Trinajstić information content (AvgIpc) is 3.26. The molecule has 5 nitrogen and oxygen atoms in total. The van der Waals surface area contributed by atoms with E-state index in [4.69, 9.17) is 24.9 Å². The van der Waals surface area contributed by atoms with Crippen LogP contribution in [0.15, 0.2) is 182 Å². The van der Waals surface area contributed by atoms with Crippen LogP contribution in [-0.4, -0.2) is 24.9 Å². The summed E-state index contributed by atoms with van der Waals surface area (Å²) in [7, 11) is 0. The maximum atomic E-state index is 5.27. The molecule has 10 rings (SSSR count). The molecule has 0 radical (unpaired) electrons. The Morgan fingerprint density at radius 2 is 0.964 bits per heavy atom. The van der Waals surface area contributed by atoms with Gasteiger partial charge in [-0.2, -0.15) is 0 Å². The Labute approximate surface area is 318 Å². The number of hydrogen-bond acceptors (Lipinski definition) is 5. The molecule has 258 valence electrons. The minimum atomic E-state index is 0.674. The molecule has 0 unspecified atom stereocenters. The van der Waals surface area contributed by atoms with Gasteiger partial charge in [0.15, 0.2) is 5.82 Å². The molecule has 0 spiro atoms. The lowest BCUT2D eigenvalue weighted by atomic mass is 9.96. The second-order valence-corrected chi connectivity index (χ2v) is 13.8. The standard InChI is InChI=1S/C50H33N5/c1-32-20-21-37-26-27-42-43(33-11-4-2-5-12-33)30-44(53-49(42)48(37)52-32)34-22-24-35(25-23-34)45-31-46(55-50(54-45)38-13-6-3-7-14-38)40-17-8-16-39(29-40)41-19-9-15-36-18-10-28-51-47(36)41/h2-31H,1H3. The fourth-order valence-corrected chi connectivity index (χ4v) is 7.43. The number of benzene rings is 6. The third-order valence-corrected chi connectivity index (χ3v) is 10.2. The summed E-state index contributed by atoms with van der Waals surface area (Å²) in [4.78, 5) is 25.2. The van der Waals surface area contributed by atoms with Crippen molar-refractivity contribution in [2.24, 2.45) is 0 Å². The highest BCUT2D eigenvalue weighted by Crippen LogP contribution is 2.37. The van der Waals surface area contributed by atoms with E-state index in [0.29, 0.717) is 5.82 Å². The molecule has 55 heavy (non-hydrogen) atoms. The Morgan fingerprint density at radius 3 is 1.75 bits per heavy atom. The monoisotopic (exact) mass is 703 g/mol. The van der Waals surface area contributed by atoms with Gasteiger partial charge < -0.3 is 0 Å². The normalized spacial score (nSPS) is 11.4. The lowest BCUT2D eigenvalue weighted by Crippen LogP contribution is -1.96. The first-order chi connectivity index (χ1) is 27.1. The van der Waals surface area contributed by atoms with E-state index < -0.39 is 0 Å². The first kappa shape index (κ1) is 32.3. The molecule has 4 aromatic heterocycles. The van der Waals surface area contributed by atoms with Gasteiger partial charge in [-0.1, -0.05) is 146 Å². The van der Waals surface area contributed by atoms with Crippen molar-refractivity contribution in [3.8, 4) is 67.4 Å². The highest BCUT2D eigenvalue weighted by Gasteiger charge is 2.16. The van der Waals surface area contributed by atoms with E-state index in [9.17, 15) is 0 Å². The van der Waals surface area contributed by atoms with E-state index in [1.807, 2.05) is 43.5 Å². The van der Waals surface area contributed by atoms with Crippen molar-refractivity contribution in [3.63, 3.8) is 0 Å². The second kappa shape index (κ2) is 13.6. The lowest BCUT2D eigenvalue weighted by molar-refractivity contribution is 1.18. The number of para-hydroxylation sites is 1. The molecular formula is C50H33N5. The van der Waals surface area contributed by atoms with Crippen molar-refractivity contribution >= 4 is 32.7 Å². The van der Waals surface area contributed by atoms with Crippen LogP contribution in [0.1, 0.15) is 5.69 Å². The van der Waals surface area contributed by atoms with Crippen LogP contribution in [0.5, 0.6) is 0 Å². The summed E-state index contributed by atoms with van der Waals surface area (Å²) in [5, 5.41) is 3.27. The van der Waals surface area contributed by atoms with E-state index in [1.165, 1.54) is 0 Å². The molecule has 4 heterocycles. The van der Waals surface area contributed by atoms with Crippen LogP contribution in [0.2, 0.25) is 0 Å². The molecule has 0 aliphatic carbocycles. The predicted octanol–water partition coefficient (Wildman–Crippen LogP) is 12.4. The Balaban J connectivity index is 1.09. The van der Waals surface area contributed by atoms with E-state index >= 15 is 0 Å². The van der Waals surface area contributed by atoms with E-state index in [-0.39, 0.29) is 0 Å². The number of pyridine rings is 3. The SMILES string of the molecule is Cc1ccc2ccc3c(-c4ccccc4)cc(-c4ccc(-c5cc(-c6cccc(-c7cccc8cccnc78)c6)nc(-c6ccccc6)n5)cc4)nc3c2n1. The molecular weight excluding hydrogens is 671 g/mol. The number of fused-ring (bicyclic) bond motifs is 4. The van der Waals surface area contributed by atoms with E-state index in [1.54, 1.807) is 0 Å². The summed E-state index contributed by atoms with van der Waals surface area (Å²) >= 11 is 0. The van der Waals surface area contributed by atoms with E-state index in [0.717, 1.165) is 100.0 Å². The first-order valence-electron chi connectivity index (χ1n) is 18.4. The zero-order valence-corrected chi connectivity index (χ0v) is 30.1. The highest BCUT2D eigenvalue weighted by molar-refractivity contribution is 6.09. The van der Waals surface area contributed by atoms with Gasteiger partial charge in [0.2, 0.25) is 0 Å². The molecule has 0 N–H and O–H groups in total. The second-order valence-electron chi connectivity index (χ2n) is 13.8. The summed E-state index contributed by atoms with van der Waals surface area (Å²) in [5.41, 5.74) is 14.8. The molecule has 6 aromatic carbocycles. The van der Waals surface area contributed by atoms with Gasteiger partial charge in [0.1, 0.15) is 0 Å². The lowest BCUT2D eigenvalue weighted by Gasteiger charge is -2.13. The average molecular weight is 704 g/mol. The van der Waals surface area contributed by atoms with Crippen LogP contribution >= 0.6 is 0 Å². The van der Waals surface area contributed by atoms with Crippen LogP contribution in [0.4, 0.5) is 0 Å². The smallest absolute Gasteiger partial charge is 0.160 e. The first-order valence-corrected chi connectivity index (χ1v) is 18.4. The molecule has 0 atom stereocenters. The minimum absolute atomic E-state index is 0.674. The summed E-state index contributed by atoms with van der Waals surface area (Å²) in [6.45, 7) is 2.03. The zero-order chi connectivity index (χ0) is 36.7. The summed E-state index contributed by atoms with van der Waals surface area (Å²) in [5.74, 6) is 0.674. The van der Waals surface area contributed by atoms with Crippen molar-refractivity contribution in [3.05, 3.63) is 188 Å². The van der Waals surface area contributed by atoms with Crippen molar-refractivity contribution in [1.82, 2.24) is 24.9 Å². The van der Waals surface area contributed by atoms with Gasteiger partial charge in [-0.3, -0.25) is 9.97 Å². The van der Waals surface area contributed by atoms with Gasteiger partial charge in [-0.05, 0) is 53.9 Å². The molecule has 0 amide bonds. The van der Waals surface area contributed by atoms with Crippen LogP contribution in [0.25, 0.3) is 100 Å². The molecule has 0 aliphatic rings. The van der Waals surface area contributed by atoms with Crippen molar-refractivity contribution in [2.75, 3.05) is 0 Å². The maximum Gasteiger partial charge on any atom is 0.160 e. The van der Waals surface area contributed by atoms with Crippen molar-refractivity contribution in [2.45, 2.75) is 6.92 Å². The van der Waals surface area contributed by atoms with Crippen molar-refractivity contribution in [1.29, 1.82) is 0 Å². The number of aryl methyl sites for hydroxylation is 1. The maximum absolute atomic E-state index is 5.27. The van der Waals surface area contributed by atoms with Gasteiger partial charge in [-0.15, -0.1) is 0 Å². The third kappa shape index (κ3) is 6.08. The van der Waals surface area contributed by atoms with Gasteiger partial charge in [0.25, 0.3) is 0 Å². The molecule has 0 bridgehead atoms. The quantitative estimate of drug-likeness (QED) is 0.161. The Morgan fingerprint density at radius 1 is 0.345 bits per heavy atom. The van der Waals surface area contributed by atoms with Crippen LogP contribution in [0, 0.1) is 6.92 Å². The van der Waals surface area contributed by atoms with Gasteiger partial charge in [0.05, 0.1) is 33.6 Å². The molecule has 5 heteroatoms. The Hall–Kier alpha value is -7.37. The topological polar surface area (TPSA) is 64.5 Å². The number of hydrogen-bond donors (Lipinski definition) is 0. The summed E-state index contributed by atoms with van der Waals surface area (Å²) < 4.78 is 0. The third-order valence-electron chi connectivity index (χ3n) is 10.2. The van der Waals surface area contributed by atoms with E-state index in [2.05, 4.69) is 146 Å². The number of rotatable bonds is 6. The Kier molecular flexibility index (Phi) is 7.96. The largest absolute Gasteiger partial charge is 0.256 e. The molecule has 0 aliphatic heterocycles. The molecule has 10 aromatic rings. The van der Waals surface area contributed by atoms with Crippen LogP contribution in [-0.2, 0) is 0 Å².